The molecule has 0 spiro atoms. The van der Waals surface area contributed by atoms with Gasteiger partial charge < -0.3 is 10.5 Å². The number of ether oxygens (including phenoxy) is 1. The third-order valence-electron chi connectivity index (χ3n) is 4.33. The van der Waals surface area contributed by atoms with Crippen molar-refractivity contribution in [3.8, 4) is 0 Å². The van der Waals surface area contributed by atoms with Crippen LogP contribution in [0.5, 0.6) is 0 Å². The second-order valence-corrected chi connectivity index (χ2v) is 5.63. The van der Waals surface area contributed by atoms with Gasteiger partial charge in [-0.2, -0.15) is 0 Å². The lowest BCUT2D eigenvalue weighted by atomic mass is 9.80. The molecular formula is C16H24FNO. The minimum atomic E-state index is -0.208. The number of rotatable bonds is 4. The molecular weight excluding hydrogens is 241 g/mol. The van der Waals surface area contributed by atoms with Gasteiger partial charge in [0, 0.05) is 7.11 Å². The quantitative estimate of drug-likeness (QED) is 0.900. The summed E-state index contributed by atoms with van der Waals surface area (Å²) in [6, 6.07) is 4.65. The molecule has 1 aliphatic rings. The van der Waals surface area contributed by atoms with Crippen molar-refractivity contribution in [3.05, 3.63) is 35.1 Å². The Hall–Kier alpha value is -0.930. The van der Waals surface area contributed by atoms with Crippen LogP contribution in [0.1, 0.15) is 49.3 Å². The van der Waals surface area contributed by atoms with E-state index in [1.165, 1.54) is 38.2 Å². The molecule has 0 aliphatic heterocycles. The molecule has 1 fully saturated rings. The topological polar surface area (TPSA) is 35.2 Å². The van der Waals surface area contributed by atoms with E-state index in [0.29, 0.717) is 5.92 Å². The van der Waals surface area contributed by atoms with Gasteiger partial charge in [0.25, 0.3) is 0 Å². The summed E-state index contributed by atoms with van der Waals surface area (Å²) in [6.45, 7) is 1.91. The highest BCUT2D eigenvalue weighted by molar-refractivity contribution is 5.30. The number of methoxy groups -OCH3 is 1. The lowest BCUT2D eigenvalue weighted by Gasteiger charge is -2.33. The van der Waals surface area contributed by atoms with E-state index in [-0.39, 0.29) is 18.0 Å². The molecule has 0 saturated heterocycles. The fraction of sp³-hybridized carbons (Fsp3) is 0.625. The largest absolute Gasteiger partial charge is 0.379 e. The maximum atomic E-state index is 13.2. The number of nitrogens with two attached hydrogens (primary N) is 1. The van der Waals surface area contributed by atoms with Crippen molar-refractivity contribution in [1.82, 2.24) is 0 Å². The predicted molar refractivity (Wildman–Crippen MR) is 75.4 cm³/mol. The Morgan fingerprint density at radius 3 is 2.53 bits per heavy atom. The molecule has 1 aliphatic carbocycles. The van der Waals surface area contributed by atoms with E-state index in [4.69, 9.17) is 10.5 Å². The zero-order valence-corrected chi connectivity index (χ0v) is 11.9. The van der Waals surface area contributed by atoms with Gasteiger partial charge in [-0.15, -0.1) is 0 Å². The summed E-state index contributed by atoms with van der Waals surface area (Å²) in [6.07, 6.45) is 6.25. The lowest BCUT2D eigenvalue weighted by Crippen LogP contribution is -2.36. The number of hydrogen-bond donors (Lipinski definition) is 1. The highest BCUT2D eigenvalue weighted by Gasteiger charge is 2.30. The van der Waals surface area contributed by atoms with Crippen LogP contribution in [0, 0.1) is 18.7 Å². The lowest BCUT2D eigenvalue weighted by molar-refractivity contribution is 0.0171. The van der Waals surface area contributed by atoms with Crippen LogP contribution in [-0.4, -0.2) is 13.2 Å². The third-order valence-corrected chi connectivity index (χ3v) is 4.33. The molecule has 0 amide bonds. The van der Waals surface area contributed by atoms with Crippen LogP contribution in [0.3, 0.4) is 0 Å². The Morgan fingerprint density at radius 1 is 1.26 bits per heavy atom. The van der Waals surface area contributed by atoms with Crippen molar-refractivity contribution >= 4 is 0 Å². The smallest absolute Gasteiger partial charge is 0.123 e. The molecule has 2 unspecified atom stereocenters. The zero-order valence-electron chi connectivity index (χ0n) is 11.9. The van der Waals surface area contributed by atoms with Gasteiger partial charge in [0.2, 0.25) is 0 Å². The van der Waals surface area contributed by atoms with Crippen LogP contribution in [-0.2, 0) is 4.74 Å². The van der Waals surface area contributed by atoms with Crippen molar-refractivity contribution < 1.29 is 9.13 Å². The van der Waals surface area contributed by atoms with Crippen LogP contribution in [0.2, 0.25) is 0 Å². The van der Waals surface area contributed by atoms with E-state index >= 15 is 0 Å². The summed E-state index contributed by atoms with van der Waals surface area (Å²) >= 11 is 0. The SMILES string of the molecule is COC(C1CCCCC1)C(N)c1ccc(F)cc1C. The van der Waals surface area contributed by atoms with E-state index in [1.807, 2.05) is 6.92 Å². The Labute approximate surface area is 115 Å². The van der Waals surface area contributed by atoms with Gasteiger partial charge >= 0.3 is 0 Å². The molecule has 2 atom stereocenters. The molecule has 0 radical (unpaired) electrons. The first-order valence-electron chi connectivity index (χ1n) is 7.18. The van der Waals surface area contributed by atoms with E-state index in [9.17, 15) is 4.39 Å². The average Bonchev–Trinajstić information content (AvgIpc) is 2.40. The molecule has 0 bridgehead atoms. The maximum absolute atomic E-state index is 13.2. The zero-order chi connectivity index (χ0) is 13.8. The highest BCUT2D eigenvalue weighted by atomic mass is 19.1. The normalized spacial score (nSPS) is 20.2. The Balaban J connectivity index is 2.17. The Kier molecular flexibility index (Phi) is 4.94. The van der Waals surface area contributed by atoms with E-state index in [0.717, 1.165) is 11.1 Å². The number of benzene rings is 1. The molecule has 106 valence electrons. The molecule has 1 aromatic rings. The minimum absolute atomic E-state index is 0.0319. The van der Waals surface area contributed by atoms with Crippen LogP contribution >= 0.6 is 0 Å². The number of halogens is 1. The number of aryl methyl sites for hydroxylation is 1. The fourth-order valence-electron chi connectivity index (χ4n) is 3.29. The molecule has 0 aromatic heterocycles. The van der Waals surface area contributed by atoms with Gasteiger partial charge in [-0.05, 0) is 48.9 Å². The van der Waals surface area contributed by atoms with Gasteiger partial charge in [-0.1, -0.05) is 25.3 Å². The minimum Gasteiger partial charge on any atom is -0.379 e. The molecule has 0 heterocycles. The monoisotopic (exact) mass is 265 g/mol. The first-order chi connectivity index (χ1) is 9.13. The van der Waals surface area contributed by atoms with Gasteiger partial charge in [-0.3, -0.25) is 0 Å². The van der Waals surface area contributed by atoms with Crippen LogP contribution < -0.4 is 5.73 Å². The maximum Gasteiger partial charge on any atom is 0.123 e. The molecule has 3 heteroatoms. The van der Waals surface area contributed by atoms with Gasteiger partial charge in [-0.25, -0.2) is 4.39 Å². The summed E-state index contributed by atoms with van der Waals surface area (Å²) < 4.78 is 18.8. The predicted octanol–water partition coefficient (Wildman–Crippen LogP) is 3.73. The molecule has 19 heavy (non-hydrogen) atoms. The van der Waals surface area contributed by atoms with Crippen molar-refractivity contribution in [2.24, 2.45) is 11.7 Å². The average molecular weight is 265 g/mol. The second kappa shape index (κ2) is 6.49. The molecule has 1 aromatic carbocycles. The standard InChI is InChI=1S/C16H24FNO/c1-11-10-13(17)8-9-14(11)15(18)16(19-2)12-6-4-3-5-7-12/h8-10,12,15-16H,3-7,18H2,1-2H3. The highest BCUT2D eigenvalue weighted by Crippen LogP contribution is 2.33. The van der Waals surface area contributed by atoms with Crippen molar-refractivity contribution in [1.29, 1.82) is 0 Å². The van der Waals surface area contributed by atoms with Crippen molar-refractivity contribution in [2.75, 3.05) is 7.11 Å². The first kappa shape index (κ1) is 14.5. The Bertz CT molecular complexity index is 415. The molecule has 2 rings (SSSR count). The summed E-state index contributed by atoms with van der Waals surface area (Å²) in [5.74, 6) is 0.318. The van der Waals surface area contributed by atoms with Crippen LogP contribution in [0.15, 0.2) is 18.2 Å². The molecule has 2 N–H and O–H groups in total. The van der Waals surface area contributed by atoms with Crippen LogP contribution in [0.25, 0.3) is 0 Å². The van der Waals surface area contributed by atoms with Crippen molar-refractivity contribution in [3.63, 3.8) is 0 Å². The van der Waals surface area contributed by atoms with Gasteiger partial charge in [0.05, 0.1) is 12.1 Å². The van der Waals surface area contributed by atoms with Crippen LogP contribution in [0.4, 0.5) is 4.39 Å². The van der Waals surface area contributed by atoms with Gasteiger partial charge in [0.1, 0.15) is 5.82 Å². The van der Waals surface area contributed by atoms with E-state index in [1.54, 1.807) is 19.2 Å². The van der Waals surface area contributed by atoms with E-state index in [2.05, 4.69) is 0 Å². The summed E-state index contributed by atoms with van der Waals surface area (Å²) in [4.78, 5) is 0. The van der Waals surface area contributed by atoms with Gasteiger partial charge in [0.15, 0.2) is 0 Å². The summed E-state index contributed by atoms with van der Waals surface area (Å²) in [7, 11) is 1.73. The molecule has 2 nitrogen and oxygen atoms in total. The summed E-state index contributed by atoms with van der Waals surface area (Å²) in [5, 5.41) is 0. The Morgan fingerprint density at radius 2 is 1.95 bits per heavy atom. The third kappa shape index (κ3) is 3.34. The number of hydrogen-bond acceptors (Lipinski definition) is 2. The molecule has 1 saturated carbocycles. The van der Waals surface area contributed by atoms with E-state index < -0.39 is 0 Å². The summed E-state index contributed by atoms with van der Waals surface area (Å²) in [5.41, 5.74) is 8.29. The first-order valence-corrected chi connectivity index (χ1v) is 7.18. The van der Waals surface area contributed by atoms with Crippen molar-refractivity contribution in [2.45, 2.75) is 51.2 Å². The second-order valence-electron chi connectivity index (χ2n) is 5.63. The fourth-order valence-corrected chi connectivity index (χ4v) is 3.29.